The van der Waals surface area contributed by atoms with Crippen LogP contribution in [0, 0.1) is 0 Å². The van der Waals surface area contributed by atoms with Gasteiger partial charge in [-0.25, -0.2) is 4.31 Å². The first-order valence-electron chi connectivity index (χ1n) is 5.88. The molecule has 1 aromatic rings. The average Bonchev–Trinajstić information content (AvgIpc) is 2.33. The predicted molar refractivity (Wildman–Crippen MR) is 68.9 cm³/mol. The van der Waals surface area contributed by atoms with Crippen LogP contribution in [0.4, 0.5) is 0 Å². The van der Waals surface area contributed by atoms with Gasteiger partial charge in [-0.05, 0) is 56.0 Å². The van der Waals surface area contributed by atoms with E-state index in [1.165, 1.54) is 30.7 Å². The second-order valence-corrected chi connectivity index (χ2v) is 5.38. The molecule has 0 amide bonds. The lowest BCUT2D eigenvalue weighted by atomic mass is 10.1. The molecule has 0 radical (unpaired) electrons. The van der Waals surface area contributed by atoms with Gasteiger partial charge in [0.25, 0.3) is 0 Å². The van der Waals surface area contributed by atoms with Gasteiger partial charge in [0.05, 0.1) is 7.11 Å². The zero-order chi connectivity index (χ0) is 11.4. The summed E-state index contributed by atoms with van der Waals surface area (Å²) in [5.41, 5.74) is 0. The van der Waals surface area contributed by atoms with Crippen LogP contribution >= 0.6 is 11.9 Å². The number of nitrogens with zero attached hydrogens (tertiary/aromatic N) is 1. The van der Waals surface area contributed by atoms with Crippen molar-refractivity contribution in [2.75, 3.05) is 13.7 Å². The number of rotatable bonds is 3. The lowest BCUT2D eigenvalue weighted by molar-refractivity contribution is 0.292. The molecule has 1 aliphatic heterocycles. The van der Waals surface area contributed by atoms with E-state index in [1.807, 2.05) is 24.1 Å². The smallest absolute Gasteiger partial charge is 0.118 e. The Morgan fingerprint density at radius 3 is 2.62 bits per heavy atom. The summed E-state index contributed by atoms with van der Waals surface area (Å²) in [5, 5.41) is 0. The van der Waals surface area contributed by atoms with E-state index in [0.717, 1.165) is 5.75 Å². The van der Waals surface area contributed by atoms with Crippen LogP contribution in [0.1, 0.15) is 26.2 Å². The van der Waals surface area contributed by atoms with E-state index in [-0.39, 0.29) is 0 Å². The minimum Gasteiger partial charge on any atom is -0.497 e. The third-order valence-electron chi connectivity index (χ3n) is 3.02. The van der Waals surface area contributed by atoms with Crippen LogP contribution in [0.15, 0.2) is 29.2 Å². The largest absolute Gasteiger partial charge is 0.497 e. The second kappa shape index (κ2) is 5.60. The van der Waals surface area contributed by atoms with Crippen LogP contribution < -0.4 is 4.74 Å². The Balaban J connectivity index is 1.96. The number of hydrogen-bond donors (Lipinski definition) is 0. The molecule has 0 aromatic heterocycles. The highest BCUT2D eigenvalue weighted by Crippen LogP contribution is 2.30. The number of methoxy groups -OCH3 is 1. The third kappa shape index (κ3) is 2.92. The molecule has 2 nitrogen and oxygen atoms in total. The van der Waals surface area contributed by atoms with Gasteiger partial charge in [0, 0.05) is 17.5 Å². The van der Waals surface area contributed by atoms with E-state index in [1.54, 1.807) is 7.11 Å². The van der Waals surface area contributed by atoms with Crippen LogP contribution in [0.25, 0.3) is 0 Å². The van der Waals surface area contributed by atoms with Crippen molar-refractivity contribution in [3.8, 4) is 5.75 Å². The van der Waals surface area contributed by atoms with Gasteiger partial charge in [0.1, 0.15) is 5.75 Å². The van der Waals surface area contributed by atoms with E-state index in [9.17, 15) is 0 Å². The minimum atomic E-state index is 0.695. The molecule has 1 heterocycles. The van der Waals surface area contributed by atoms with Gasteiger partial charge < -0.3 is 4.74 Å². The number of piperidine rings is 1. The zero-order valence-electron chi connectivity index (χ0n) is 9.98. The number of benzene rings is 1. The summed E-state index contributed by atoms with van der Waals surface area (Å²) >= 11 is 1.87. The van der Waals surface area contributed by atoms with Crippen molar-refractivity contribution in [3.05, 3.63) is 24.3 Å². The summed E-state index contributed by atoms with van der Waals surface area (Å²) in [6.07, 6.45) is 4.03. The highest BCUT2D eigenvalue weighted by molar-refractivity contribution is 7.97. The molecule has 3 heteroatoms. The lowest BCUT2D eigenvalue weighted by Crippen LogP contribution is -2.31. The van der Waals surface area contributed by atoms with E-state index >= 15 is 0 Å². The lowest BCUT2D eigenvalue weighted by Gasteiger charge is -2.31. The van der Waals surface area contributed by atoms with E-state index in [0.29, 0.717) is 6.04 Å². The molecule has 88 valence electrons. The second-order valence-electron chi connectivity index (χ2n) is 4.25. The monoisotopic (exact) mass is 237 g/mol. The molecule has 2 rings (SSSR count). The number of hydrogen-bond acceptors (Lipinski definition) is 3. The van der Waals surface area contributed by atoms with Crippen LogP contribution in [-0.4, -0.2) is 24.0 Å². The fourth-order valence-electron chi connectivity index (χ4n) is 1.98. The van der Waals surface area contributed by atoms with Gasteiger partial charge in [0.15, 0.2) is 0 Å². The van der Waals surface area contributed by atoms with Crippen molar-refractivity contribution in [1.29, 1.82) is 0 Å². The van der Waals surface area contributed by atoms with Gasteiger partial charge in [0.2, 0.25) is 0 Å². The molecule has 1 saturated heterocycles. The van der Waals surface area contributed by atoms with Gasteiger partial charge in [-0.3, -0.25) is 0 Å². The standard InChI is InChI=1S/C13H19NOS/c1-11-5-3-4-10-14(11)16-13-8-6-12(15-2)7-9-13/h6-9,11H,3-5,10H2,1-2H3. The van der Waals surface area contributed by atoms with Crippen molar-refractivity contribution >= 4 is 11.9 Å². The molecule has 1 unspecified atom stereocenters. The summed E-state index contributed by atoms with van der Waals surface area (Å²) in [6, 6.07) is 9.00. The van der Waals surface area contributed by atoms with Gasteiger partial charge in [-0.15, -0.1) is 0 Å². The highest BCUT2D eigenvalue weighted by Gasteiger charge is 2.18. The maximum absolute atomic E-state index is 5.16. The summed E-state index contributed by atoms with van der Waals surface area (Å²) < 4.78 is 7.65. The summed E-state index contributed by atoms with van der Waals surface area (Å²) in [5.74, 6) is 0.927. The van der Waals surface area contributed by atoms with E-state index < -0.39 is 0 Å². The molecule has 0 saturated carbocycles. The Bertz CT molecular complexity index is 325. The molecular formula is C13H19NOS. The van der Waals surface area contributed by atoms with Crippen molar-refractivity contribution in [1.82, 2.24) is 4.31 Å². The van der Waals surface area contributed by atoms with Crippen LogP contribution in [0.2, 0.25) is 0 Å². The molecule has 0 bridgehead atoms. The Morgan fingerprint density at radius 2 is 2.00 bits per heavy atom. The van der Waals surface area contributed by atoms with Crippen molar-refractivity contribution < 1.29 is 4.74 Å². The predicted octanol–water partition coefficient (Wildman–Crippen LogP) is 3.58. The molecule has 0 aliphatic carbocycles. The Morgan fingerprint density at radius 1 is 1.25 bits per heavy atom. The van der Waals surface area contributed by atoms with Gasteiger partial charge >= 0.3 is 0 Å². The van der Waals surface area contributed by atoms with Crippen LogP contribution in [-0.2, 0) is 0 Å². The third-order valence-corrected chi connectivity index (χ3v) is 4.28. The van der Waals surface area contributed by atoms with Crippen molar-refractivity contribution in [2.45, 2.75) is 37.1 Å². The minimum absolute atomic E-state index is 0.695. The normalized spacial score (nSPS) is 22.0. The number of ether oxygens (including phenoxy) is 1. The maximum Gasteiger partial charge on any atom is 0.118 e. The first kappa shape index (κ1) is 11.8. The van der Waals surface area contributed by atoms with Crippen molar-refractivity contribution in [3.63, 3.8) is 0 Å². The highest BCUT2D eigenvalue weighted by atomic mass is 32.2. The quantitative estimate of drug-likeness (QED) is 0.746. The summed E-state index contributed by atoms with van der Waals surface area (Å²) in [7, 11) is 1.70. The zero-order valence-corrected chi connectivity index (χ0v) is 10.8. The Hall–Kier alpha value is -0.670. The maximum atomic E-state index is 5.16. The molecule has 1 atom stereocenters. The summed E-state index contributed by atoms with van der Waals surface area (Å²) in [6.45, 7) is 3.52. The Labute approximate surface area is 102 Å². The fourth-order valence-corrected chi connectivity index (χ4v) is 3.01. The molecule has 0 N–H and O–H groups in total. The van der Waals surface area contributed by atoms with E-state index in [4.69, 9.17) is 4.74 Å². The van der Waals surface area contributed by atoms with Crippen LogP contribution in [0.3, 0.4) is 0 Å². The molecule has 1 aromatic carbocycles. The SMILES string of the molecule is COc1ccc(SN2CCCCC2C)cc1. The molecule has 1 aliphatic rings. The summed E-state index contributed by atoms with van der Waals surface area (Å²) in [4.78, 5) is 1.30. The average molecular weight is 237 g/mol. The van der Waals surface area contributed by atoms with E-state index in [2.05, 4.69) is 23.4 Å². The van der Waals surface area contributed by atoms with Gasteiger partial charge in [-0.2, -0.15) is 0 Å². The Kier molecular flexibility index (Phi) is 4.13. The molecule has 0 spiro atoms. The first-order valence-corrected chi connectivity index (χ1v) is 6.65. The van der Waals surface area contributed by atoms with Gasteiger partial charge in [-0.1, -0.05) is 6.42 Å². The molecular weight excluding hydrogens is 218 g/mol. The fraction of sp³-hybridized carbons (Fsp3) is 0.538. The first-order chi connectivity index (χ1) is 7.79. The van der Waals surface area contributed by atoms with Crippen LogP contribution in [0.5, 0.6) is 5.75 Å². The van der Waals surface area contributed by atoms with Crippen molar-refractivity contribution in [2.24, 2.45) is 0 Å². The topological polar surface area (TPSA) is 12.5 Å². The molecule has 1 fully saturated rings. The molecule has 16 heavy (non-hydrogen) atoms.